The second-order valence-electron chi connectivity index (χ2n) is 4.70. The van der Waals surface area contributed by atoms with Crippen molar-refractivity contribution in [3.05, 3.63) is 29.3 Å². The minimum atomic E-state index is -1.03. The predicted molar refractivity (Wildman–Crippen MR) is 64.9 cm³/mol. The van der Waals surface area contributed by atoms with Crippen LogP contribution in [0.25, 0.3) is 0 Å². The van der Waals surface area contributed by atoms with Crippen LogP contribution in [0.1, 0.15) is 38.8 Å². The van der Waals surface area contributed by atoms with Crippen LogP contribution in [0.3, 0.4) is 0 Å². The average molecular weight is 208 g/mol. The van der Waals surface area contributed by atoms with Gasteiger partial charge in [0, 0.05) is 0 Å². The lowest BCUT2D eigenvalue weighted by molar-refractivity contribution is 0.583. The molecule has 0 fully saturated rings. The van der Waals surface area contributed by atoms with E-state index in [2.05, 4.69) is 45.9 Å². The summed E-state index contributed by atoms with van der Waals surface area (Å²) in [6.07, 6.45) is 1.02. The van der Waals surface area contributed by atoms with Crippen LogP contribution in [0.5, 0.6) is 0 Å². The first-order valence-electron chi connectivity index (χ1n) is 5.22. The first-order valence-corrected chi connectivity index (χ1v) is 6.56. The highest BCUT2D eigenvalue weighted by atomic mass is 28.2. The van der Waals surface area contributed by atoms with Gasteiger partial charge in [-0.3, -0.25) is 0 Å². The molecule has 0 radical (unpaired) electrons. The molecule has 78 valence electrons. The third-order valence-electron chi connectivity index (χ3n) is 2.60. The maximum Gasteiger partial charge on any atom is 0.188 e. The van der Waals surface area contributed by atoms with Gasteiger partial charge in [-0.1, -0.05) is 45.9 Å². The van der Waals surface area contributed by atoms with Gasteiger partial charge in [-0.15, -0.1) is 0 Å². The first-order chi connectivity index (χ1) is 6.50. The largest absolute Gasteiger partial charge is 0.433 e. The van der Waals surface area contributed by atoms with Crippen molar-refractivity contribution < 1.29 is 4.80 Å². The van der Waals surface area contributed by atoms with Gasteiger partial charge in [0.1, 0.15) is 0 Å². The quantitative estimate of drug-likeness (QED) is 0.725. The maximum absolute atomic E-state index is 9.38. The van der Waals surface area contributed by atoms with E-state index in [0.29, 0.717) is 0 Å². The Morgan fingerprint density at radius 2 is 1.93 bits per heavy atom. The molecule has 0 saturated heterocycles. The summed E-state index contributed by atoms with van der Waals surface area (Å²) >= 11 is 0. The fourth-order valence-electron chi connectivity index (χ4n) is 1.90. The van der Waals surface area contributed by atoms with Crippen LogP contribution in [0.2, 0.25) is 0 Å². The summed E-state index contributed by atoms with van der Waals surface area (Å²) in [5.41, 5.74) is 2.94. The van der Waals surface area contributed by atoms with Gasteiger partial charge in [-0.25, -0.2) is 0 Å². The van der Waals surface area contributed by atoms with Crippen molar-refractivity contribution in [2.75, 3.05) is 0 Å². The second kappa shape index (κ2) is 4.28. The Labute approximate surface area is 89.1 Å². The minimum Gasteiger partial charge on any atom is -0.433 e. The molecule has 0 spiro atoms. The first kappa shape index (κ1) is 11.5. The molecule has 0 aliphatic carbocycles. The normalized spacial score (nSPS) is 12.6. The van der Waals surface area contributed by atoms with Gasteiger partial charge in [-0.05, 0) is 28.1 Å². The zero-order chi connectivity index (χ0) is 10.8. The average Bonchev–Trinajstić information content (AvgIpc) is 2.15. The molecule has 0 bridgehead atoms. The summed E-state index contributed by atoms with van der Waals surface area (Å²) in [5.74, 6) is 0. The molecule has 1 aromatic rings. The Balaban J connectivity index is 3.29. The Morgan fingerprint density at radius 1 is 1.29 bits per heavy atom. The molecule has 2 heteroatoms. The zero-order valence-corrected chi connectivity index (χ0v) is 11.0. The van der Waals surface area contributed by atoms with Crippen molar-refractivity contribution in [3.63, 3.8) is 0 Å². The number of benzene rings is 1. The van der Waals surface area contributed by atoms with E-state index < -0.39 is 9.76 Å². The van der Waals surface area contributed by atoms with Crippen LogP contribution in [0.4, 0.5) is 0 Å². The second-order valence-corrected chi connectivity index (χ2v) is 5.78. The van der Waals surface area contributed by atoms with E-state index in [0.717, 1.165) is 6.42 Å². The topological polar surface area (TPSA) is 20.2 Å². The van der Waals surface area contributed by atoms with E-state index in [9.17, 15) is 4.80 Å². The van der Waals surface area contributed by atoms with Gasteiger partial charge >= 0.3 is 0 Å². The van der Waals surface area contributed by atoms with Gasteiger partial charge in [0.15, 0.2) is 9.76 Å². The summed E-state index contributed by atoms with van der Waals surface area (Å²) in [6, 6.07) is 6.32. The summed E-state index contributed by atoms with van der Waals surface area (Å²) in [7, 11) is -1.03. The van der Waals surface area contributed by atoms with Gasteiger partial charge in [0.25, 0.3) is 0 Å². The highest BCUT2D eigenvalue weighted by Crippen LogP contribution is 2.24. The molecule has 1 N–H and O–H groups in total. The fraction of sp³-hybridized carbons (Fsp3) is 0.500. The van der Waals surface area contributed by atoms with Gasteiger partial charge in [-0.2, -0.15) is 0 Å². The molecule has 1 rings (SSSR count). The number of rotatable bonds is 2. The summed E-state index contributed by atoms with van der Waals surface area (Å²) < 4.78 is 0. The fourth-order valence-corrected chi connectivity index (χ4v) is 2.78. The summed E-state index contributed by atoms with van der Waals surface area (Å²) in [4.78, 5) is 9.38. The van der Waals surface area contributed by atoms with Crippen molar-refractivity contribution in [2.45, 2.75) is 39.5 Å². The maximum atomic E-state index is 9.38. The lowest BCUT2D eigenvalue weighted by Gasteiger charge is -2.24. The van der Waals surface area contributed by atoms with Crippen molar-refractivity contribution >= 4 is 14.9 Å². The van der Waals surface area contributed by atoms with E-state index in [-0.39, 0.29) is 5.41 Å². The van der Waals surface area contributed by atoms with Gasteiger partial charge in [0.2, 0.25) is 0 Å². The molecule has 0 aliphatic heterocycles. The molecule has 0 heterocycles. The Hall–Kier alpha value is -0.603. The molecule has 0 saturated carbocycles. The smallest absolute Gasteiger partial charge is 0.188 e. The molecule has 0 atom stereocenters. The molecule has 0 aromatic heterocycles. The highest BCUT2D eigenvalue weighted by Gasteiger charge is 2.18. The molecule has 14 heavy (non-hydrogen) atoms. The Bertz CT molecular complexity index is 313. The SMILES string of the molecule is CCc1c([SiH2]O)cccc1C(C)(C)C. The van der Waals surface area contributed by atoms with Gasteiger partial charge in [0.05, 0.1) is 0 Å². The van der Waals surface area contributed by atoms with Crippen molar-refractivity contribution in [2.24, 2.45) is 0 Å². The molecule has 0 aliphatic rings. The van der Waals surface area contributed by atoms with E-state index in [1.165, 1.54) is 16.3 Å². The van der Waals surface area contributed by atoms with E-state index in [1.54, 1.807) is 0 Å². The van der Waals surface area contributed by atoms with Crippen LogP contribution in [0, 0.1) is 0 Å². The molecule has 1 nitrogen and oxygen atoms in total. The lowest BCUT2D eigenvalue weighted by Crippen LogP contribution is -2.25. The standard InChI is InChI=1S/C12H20OSi/c1-5-9-10(12(2,3)4)7-6-8-11(9)14-13/h6-8,13H,5,14H2,1-4H3. The monoisotopic (exact) mass is 208 g/mol. The molecular formula is C12H20OSi. The molecule has 0 amide bonds. The Kier molecular flexibility index (Phi) is 3.51. The van der Waals surface area contributed by atoms with Crippen LogP contribution < -0.4 is 5.19 Å². The van der Waals surface area contributed by atoms with Crippen LogP contribution >= 0.6 is 0 Å². The number of hydrogen-bond acceptors (Lipinski definition) is 1. The number of hydrogen-bond donors (Lipinski definition) is 1. The van der Waals surface area contributed by atoms with Gasteiger partial charge < -0.3 is 4.80 Å². The van der Waals surface area contributed by atoms with E-state index in [1.807, 2.05) is 0 Å². The highest BCUT2D eigenvalue weighted by molar-refractivity contribution is 6.46. The van der Waals surface area contributed by atoms with Crippen LogP contribution in [-0.4, -0.2) is 14.6 Å². The van der Waals surface area contributed by atoms with Crippen LogP contribution in [0.15, 0.2) is 18.2 Å². The van der Waals surface area contributed by atoms with E-state index >= 15 is 0 Å². The molecular weight excluding hydrogens is 188 g/mol. The third kappa shape index (κ3) is 2.25. The summed E-state index contributed by atoms with van der Waals surface area (Å²) in [6.45, 7) is 8.84. The minimum absolute atomic E-state index is 0.185. The zero-order valence-electron chi connectivity index (χ0n) is 9.59. The predicted octanol–water partition coefficient (Wildman–Crippen LogP) is 1.25. The lowest BCUT2D eigenvalue weighted by atomic mass is 9.83. The van der Waals surface area contributed by atoms with Crippen molar-refractivity contribution in [3.8, 4) is 0 Å². The Morgan fingerprint density at radius 3 is 2.36 bits per heavy atom. The van der Waals surface area contributed by atoms with E-state index in [4.69, 9.17) is 0 Å². The van der Waals surface area contributed by atoms with Crippen molar-refractivity contribution in [1.29, 1.82) is 0 Å². The summed E-state index contributed by atoms with van der Waals surface area (Å²) in [5, 5.41) is 1.21. The van der Waals surface area contributed by atoms with Crippen LogP contribution in [-0.2, 0) is 11.8 Å². The van der Waals surface area contributed by atoms with Crippen molar-refractivity contribution in [1.82, 2.24) is 0 Å². The molecule has 1 aromatic carbocycles. The molecule has 0 unspecified atom stereocenters. The third-order valence-corrected chi connectivity index (χ3v) is 3.61.